The molecular formula is C25H32F3N3O4S. The number of para-hydroxylation sites is 2. The number of amides is 1. The molecule has 0 saturated carbocycles. The predicted octanol–water partition coefficient (Wildman–Crippen LogP) is 4.61. The summed E-state index contributed by atoms with van der Waals surface area (Å²) in [4.78, 5) is 14.0. The predicted molar refractivity (Wildman–Crippen MR) is 131 cm³/mol. The van der Waals surface area contributed by atoms with Crippen molar-refractivity contribution in [2.45, 2.75) is 56.3 Å². The van der Waals surface area contributed by atoms with Gasteiger partial charge in [-0.25, -0.2) is 8.42 Å². The third kappa shape index (κ3) is 6.50. The zero-order valence-electron chi connectivity index (χ0n) is 20.6. The standard InChI is InChI=1S/C25H32F3N3O4S/c1-18(2)31(36(33,34)21-8-6-7-19(17-21)25(26,27)28)20-12-15-30(16-13-20)24(32)11-14-29-22-9-4-5-10-23(22)35-3/h4-10,17-18,20,29H,11-16H2,1-3H3. The maximum absolute atomic E-state index is 13.4. The number of carbonyl (C=O) groups excluding carboxylic acids is 1. The maximum Gasteiger partial charge on any atom is 0.416 e. The van der Waals surface area contributed by atoms with Gasteiger partial charge in [0.1, 0.15) is 5.75 Å². The van der Waals surface area contributed by atoms with Gasteiger partial charge in [0.05, 0.1) is 23.3 Å². The first kappa shape index (κ1) is 27.8. The first-order chi connectivity index (χ1) is 16.9. The van der Waals surface area contributed by atoms with Gasteiger partial charge in [-0.05, 0) is 57.0 Å². The number of benzene rings is 2. The number of rotatable bonds is 9. The number of piperidine rings is 1. The monoisotopic (exact) mass is 527 g/mol. The van der Waals surface area contributed by atoms with Gasteiger partial charge in [-0.15, -0.1) is 0 Å². The summed E-state index contributed by atoms with van der Waals surface area (Å²) < 4.78 is 72.8. The van der Waals surface area contributed by atoms with E-state index in [9.17, 15) is 26.4 Å². The summed E-state index contributed by atoms with van der Waals surface area (Å²) in [6, 6.07) is 10.4. The zero-order valence-corrected chi connectivity index (χ0v) is 21.4. The number of nitrogens with zero attached hydrogens (tertiary/aromatic N) is 2. The molecule has 198 valence electrons. The molecule has 3 rings (SSSR count). The highest BCUT2D eigenvalue weighted by atomic mass is 32.2. The second kappa shape index (κ2) is 11.5. The maximum atomic E-state index is 13.4. The van der Waals surface area contributed by atoms with Gasteiger partial charge in [0, 0.05) is 38.1 Å². The summed E-state index contributed by atoms with van der Waals surface area (Å²) in [6.07, 6.45) is -3.57. The Balaban J connectivity index is 1.62. The molecule has 1 saturated heterocycles. The molecule has 1 N–H and O–H groups in total. The minimum absolute atomic E-state index is 0.0484. The number of halogens is 3. The van der Waals surface area contributed by atoms with Gasteiger partial charge in [-0.3, -0.25) is 4.79 Å². The van der Waals surface area contributed by atoms with Crippen LogP contribution in [0.4, 0.5) is 18.9 Å². The van der Waals surface area contributed by atoms with E-state index in [-0.39, 0.29) is 17.2 Å². The van der Waals surface area contributed by atoms with Crippen molar-refractivity contribution in [3.63, 3.8) is 0 Å². The number of nitrogens with one attached hydrogen (secondary N) is 1. The van der Waals surface area contributed by atoms with Gasteiger partial charge in [-0.2, -0.15) is 17.5 Å². The van der Waals surface area contributed by atoms with Crippen LogP contribution in [0.5, 0.6) is 5.75 Å². The molecule has 1 amide bonds. The van der Waals surface area contributed by atoms with E-state index in [1.165, 1.54) is 10.4 Å². The van der Waals surface area contributed by atoms with E-state index in [4.69, 9.17) is 4.74 Å². The first-order valence-electron chi connectivity index (χ1n) is 11.8. The number of hydrogen-bond acceptors (Lipinski definition) is 5. The Morgan fingerprint density at radius 2 is 1.81 bits per heavy atom. The summed E-state index contributed by atoms with van der Waals surface area (Å²) in [6.45, 7) is 4.57. The lowest BCUT2D eigenvalue weighted by molar-refractivity contribution is -0.137. The second-order valence-electron chi connectivity index (χ2n) is 8.94. The number of likely N-dealkylation sites (tertiary alicyclic amines) is 1. The number of ether oxygens (including phenoxy) is 1. The van der Waals surface area contributed by atoms with Crippen molar-refractivity contribution in [3.8, 4) is 5.75 Å². The Labute approximate surface area is 210 Å². The van der Waals surface area contributed by atoms with Crippen molar-refractivity contribution in [1.82, 2.24) is 9.21 Å². The fraction of sp³-hybridized carbons (Fsp3) is 0.480. The van der Waals surface area contributed by atoms with Crippen LogP contribution in [0.15, 0.2) is 53.4 Å². The molecule has 1 heterocycles. The van der Waals surface area contributed by atoms with Crippen molar-refractivity contribution in [3.05, 3.63) is 54.1 Å². The summed E-state index contributed by atoms with van der Waals surface area (Å²) in [7, 11) is -2.59. The Bertz CT molecular complexity index is 1150. The van der Waals surface area contributed by atoms with E-state index in [0.717, 1.165) is 17.8 Å². The van der Waals surface area contributed by atoms with Crippen LogP contribution in [0.1, 0.15) is 38.7 Å². The van der Waals surface area contributed by atoms with Crippen molar-refractivity contribution in [2.75, 3.05) is 32.1 Å². The average Bonchev–Trinajstić information content (AvgIpc) is 2.84. The molecule has 0 atom stereocenters. The van der Waals surface area contributed by atoms with Crippen LogP contribution in [0.25, 0.3) is 0 Å². The SMILES string of the molecule is COc1ccccc1NCCC(=O)N1CCC(N(C(C)C)S(=O)(=O)c2cccc(C(F)(F)F)c2)CC1. The van der Waals surface area contributed by atoms with E-state index in [0.29, 0.717) is 44.3 Å². The molecule has 1 aliphatic rings. The highest BCUT2D eigenvalue weighted by Crippen LogP contribution is 2.33. The number of methoxy groups -OCH3 is 1. The molecule has 0 aliphatic carbocycles. The Morgan fingerprint density at radius 3 is 2.42 bits per heavy atom. The van der Waals surface area contributed by atoms with Crippen molar-refractivity contribution >= 4 is 21.6 Å². The molecule has 1 aliphatic heterocycles. The molecule has 0 aromatic heterocycles. The lowest BCUT2D eigenvalue weighted by Gasteiger charge is -2.39. The van der Waals surface area contributed by atoms with Crippen molar-refractivity contribution in [1.29, 1.82) is 0 Å². The van der Waals surface area contributed by atoms with Crippen LogP contribution in [0.2, 0.25) is 0 Å². The fourth-order valence-electron chi connectivity index (χ4n) is 4.47. The number of hydrogen-bond donors (Lipinski definition) is 1. The molecule has 2 aromatic rings. The Kier molecular flexibility index (Phi) is 8.89. The highest BCUT2D eigenvalue weighted by molar-refractivity contribution is 7.89. The molecule has 36 heavy (non-hydrogen) atoms. The van der Waals surface area contributed by atoms with E-state index in [2.05, 4.69) is 5.32 Å². The number of alkyl halides is 3. The van der Waals surface area contributed by atoms with Crippen LogP contribution in [0, 0.1) is 0 Å². The third-order valence-corrected chi connectivity index (χ3v) is 8.31. The van der Waals surface area contributed by atoms with Gasteiger partial charge < -0.3 is 15.0 Å². The topological polar surface area (TPSA) is 79.0 Å². The van der Waals surface area contributed by atoms with Gasteiger partial charge in [0.15, 0.2) is 0 Å². The van der Waals surface area contributed by atoms with Crippen molar-refractivity contribution in [2.24, 2.45) is 0 Å². The third-order valence-electron chi connectivity index (χ3n) is 6.18. The summed E-state index contributed by atoms with van der Waals surface area (Å²) in [5.74, 6) is 0.634. The Hall–Kier alpha value is -2.79. The van der Waals surface area contributed by atoms with Crippen LogP contribution in [-0.4, -0.2) is 62.4 Å². The van der Waals surface area contributed by atoms with Gasteiger partial charge in [-0.1, -0.05) is 18.2 Å². The normalized spacial score (nSPS) is 15.4. The van der Waals surface area contributed by atoms with E-state index < -0.39 is 33.8 Å². The second-order valence-corrected chi connectivity index (χ2v) is 10.8. The first-order valence-corrected chi connectivity index (χ1v) is 13.2. The van der Waals surface area contributed by atoms with Crippen LogP contribution in [-0.2, 0) is 21.0 Å². The molecule has 7 nitrogen and oxygen atoms in total. The van der Waals surface area contributed by atoms with Gasteiger partial charge in [0.2, 0.25) is 15.9 Å². The highest BCUT2D eigenvalue weighted by Gasteiger charge is 2.38. The van der Waals surface area contributed by atoms with E-state index >= 15 is 0 Å². The van der Waals surface area contributed by atoms with E-state index in [1.54, 1.807) is 25.9 Å². The number of anilines is 1. The molecule has 0 spiro atoms. The largest absolute Gasteiger partial charge is 0.495 e. The number of sulfonamides is 1. The molecule has 0 unspecified atom stereocenters. The summed E-state index contributed by atoms with van der Waals surface area (Å²) in [5, 5.41) is 3.19. The van der Waals surface area contributed by atoms with Gasteiger partial charge >= 0.3 is 6.18 Å². The molecule has 0 radical (unpaired) electrons. The smallest absolute Gasteiger partial charge is 0.416 e. The fourth-order valence-corrected chi connectivity index (χ4v) is 6.40. The van der Waals surface area contributed by atoms with Crippen LogP contribution < -0.4 is 10.1 Å². The quantitative estimate of drug-likeness (QED) is 0.516. The van der Waals surface area contributed by atoms with E-state index in [1.807, 2.05) is 24.3 Å². The van der Waals surface area contributed by atoms with Crippen molar-refractivity contribution < 1.29 is 31.1 Å². The van der Waals surface area contributed by atoms with Gasteiger partial charge in [0.25, 0.3) is 0 Å². The van der Waals surface area contributed by atoms with Crippen LogP contribution in [0.3, 0.4) is 0 Å². The molecule has 0 bridgehead atoms. The lowest BCUT2D eigenvalue weighted by atomic mass is 10.0. The average molecular weight is 528 g/mol. The summed E-state index contributed by atoms with van der Waals surface area (Å²) in [5.41, 5.74) is -0.215. The number of carbonyl (C=O) groups is 1. The zero-order chi connectivity index (χ0) is 26.5. The molecular weight excluding hydrogens is 495 g/mol. The lowest BCUT2D eigenvalue weighted by Crippen LogP contribution is -2.51. The Morgan fingerprint density at radius 1 is 1.14 bits per heavy atom. The summed E-state index contributed by atoms with van der Waals surface area (Å²) >= 11 is 0. The molecule has 2 aromatic carbocycles. The minimum Gasteiger partial charge on any atom is -0.495 e. The molecule has 1 fully saturated rings. The minimum atomic E-state index is -4.64. The molecule has 11 heteroatoms. The van der Waals surface area contributed by atoms with Crippen LogP contribution >= 0.6 is 0 Å².